The van der Waals surface area contributed by atoms with Gasteiger partial charge in [-0.25, -0.2) is 4.39 Å². The maximum Gasteiger partial charge on any atom is 0.236 e. The van der Waals surface area contributed by atoms with Gasteiger partial charge in [-0.1, -0.05) is 41.6 Å². The van der Waals surface area contributed by atoms with E-state index < -0.39 is 0 Å². The number of hydrogen-bond acceptors (Lipinski definition) is 5. The van der Waals surface area contributed by atoms with Crippen LogP contribution in [0.5, 0.6) is 0 Å². The molecule has 3 aromatic rings. The minimum atomic E-state index is -0.382. The fraction of sp³-hybridized carbons (Fsp3) is 0.167. The summed E-state index contributed by atoms with van der Waals surface area (Å²) in [5, 5.41) is 6.63. The van der Waals surface area contributed by atoms with Crippen LogP contribution >= 0.6 is 11.8 Å². The molecule has 0 aliphatic carbocycles. The first-order valence-electron chi connectivity index (χ1n) is 7.63. The van der Waals surface area contributed by atoms with Gasteiger partial charge in [0.25, 0.3) is 0 Å². The van der Waals surface area contributed by atoms with E-state index in [2.05, 4.69) is 15.5 Å². The van der Waals surface area contributed by atoms with Crippen LogP contribution in [0.1, 0.15) is 11.5 Å². The van der Waals surface area contributed by atoms with Gasteiger partial charge in [0, 0.05) is 11.3 Å². The summed E-state index contributed by atoms with van der Waals surface area (Å²) >= 11 is 1.35. The molecule has 3 rings (SSSR count). The molecule has 0 fully saturated rings. The zero-order valence-corrected chi connectivity index (χ0v) is 14.3. The number of nitrogens with one attached hydrogen (secondary N) is 1. The molecule has 128 valence electrons. The Bertz CT molecular complexity index is 868. The maximum atomic E-state index is 13.2. The van der Waals surface area contributed by atoms with Crippen LogP contribution in [0.4, 0.5) is 10.1 Å². The van der Waals surface area contributed by atoms with Gasteiger partial charge in [0.15, 0.2) is 0 Å². The third-order valence-corrected chi connectivity index (χ3v) is 4.35. The molecular formula is C18H16FN3O2S. The number of halogens is 1. The first-order chi connectivity index (χ1) is 12.1. The maximum absolute atomic E-state index is 13.2. The number of hydrogen-bond donors (Lipinski definition) is 1. The number of benzene rings is 2. The quantitative estimate of drug-likeness (QED) is 0.721. The third-order valence-electron chi connectivity index (χ3n) is 3.43. The van der Waals surface area contributed by atoms with Crippen molar-refractivity contribution in [1.82, 2.24) is 10.1 Å². The van der Waals surface area contributed by atoms with E-state index in [1.165, 1.54) is 23.9 Å². The Labute approximate surface area is 148 Å². The van der Waals surface area contributed by atoms with Crippen molar-refractivity contribution in [2.75, 3.05) is 11.1 Å². The molecule has 0 unspecified atom stereocenters. The van der Waals surface area contributed by atoms with Crippen LogP contribution < -0.4 is 5.32 Å². The Morgan fingerprint density at radius 3 is 2.84 bits per heavy atom. The number of carbonyl (C=O) groups is 1. The summed E-state index contributed by atoms with van der Waals surface area (Å²) in [5.41, 5.74) is 2.17. The summed E-state index contributed by atoms with van der Waals surface area (Å²) in [5.74, 6) is 1.03. The van der Waals surface area contributed by atoms with Gasteiger partial charge in [0.05, 0.1) is 11.5 Å². The molecule has 1 heterocycles. The molecule has 1 N–H and O–H groups in total. The van der Waals surface area contributed by atoms with Gasteiger partial charge in [-0.05, 0) is 24.6 Å². The molecule has 0 bridgehead atoms. The van der Waals surface area contributed by atoms with Crippen LogP contribution in [-0.2, 0) is 10.5 Å². The lowest BCUT2D eigenvalue weighted by Crippen LogP contribution is -2.15. The van der Waals surface area contributed by atoms with Crippen LogP contribution in [0.2, 0.25) is 0 Å². The van der Waals surface area contributed by atoms with Gasteiger partial charge in [0.1, 0.15) is 5.82 Å². The Balaban J connectivity index is 1.50. The molecule has 0 aliphatic heterocycles. The average Bonchev–Trinajstić information content (AvgIpc) is 3.08. The van der Waals surface area contributed by atoms with Gasteiger partial charge in [-0.3, -0.25) is 4.79 Å². The van der Waals surface area contributed by atoms with E-state index in [1.54, 1.807) is 6.07 Å². The van der Waals surface area contributed by atoms with E-state index >= 15 is 0 Å². The van der Waals surface area contributed by atoms with E-state index in [-0.39, 0.29) is 17.5 Å². The van der Waals surface area contributed by atoms with Crippen molar-refractivity contribution < 1.29 is 13.7 Å². The first kappa shape index (κ1) is 17.2. The summed E-state index contributed by atoms with van der Waals surface area (Å²) in [4.78, 5) is 16.3. The lowest BCUT2D eigenvalue weighted by molar-refractivity contribution is -0.113. The molecule has 2 aromatic carbocycles. The van der Waals surface area contributed by atoms with E-state index in [1.807, 2.05) is 37.3 Å². The van der Waals surface area contributed by atoms with Crippen molar-refractivity contribution in [3.8, 4) is 11.4 Å². The summed E-state index contributed by atoms with van der Waals surface area (Å²) in [6.07, 6.45) is 0. The smallest absolute Gasteiger partial charge is 0.236 e. The molecule has 0 saturated carbocycles. The molecule has 5 nitrogen and oxygen atoms in total. The average molecular weight is 357 g/mol. The normalized spacial score (nSPS) is 10.6. The van der Waals surface area contributed by atoms with Crippen molar-refractivity contribution in [3.05, 3.63) is 65.8 Å². The minimum Gasteiger partial charge on any atom is -0.338 e. The summed E-state index contributed by atoms with van der Waals surface area (Å²) < 4.78 is 18.4. The predicted octanol–water partition coefficient (Wildman–Crippen LogP) is 4.06. The molecular weight excluding hydrogens is 341 g/mol. The number of amides is 1. The number of rotatable bonds is 6. The topological polar surface area (TPSA) is 68.0 Å². The monoisotopic (exact) mass is 357 g/mol. The van der Waals surface area contributed by atoms with Crippen LogP contribution in [-0.4, -0.2) is 21.8 Å². The van der Waals surface area contributed by atoms with Crippen LogP contribution in [0.15, 0.2) is 53.1 Å². The molecule has 0 aliphatic rings. The number of aromatic nitrogens is 2. The Morgan fingerprint density at radius 1 is 1.24 bits per heavy atom. The van der Waals surface area contributed by atoms with E-state index in [0.717, 1.165) is 11.1 Å². The SMILES string of the molecule is Cc1ccc(F)cc1NC(=O)CSCc1nc(-c2ccccc2)no1. The molecule has 1 amide bonds. The first-order valence-corrected chi connectivity index (χ1v) is 8.79. The van der Waals surface area contributed by atoms with Crippen molar-refractivity contribution in [3.63, 3.8) is 0 Å². The van der Waals surface area contributed by atoms with E-state index in [4.69, 9.17) is 4.52 Å². The zero-order valence-electron chi connectivity index (χ0n) is 13.5. The fourth-order valence-electron chi connectivity index (χ4n) is 2.16. The fourth-order valence-corrected chi connectivity index (χ4v) is 2.82. The van der Waals surface area contributed by atoms with Gasteiger partial charge in [-0.2, -0.15) is 4.98 Å². The van der Waals surface area contributed by atoms with Crippen molar-refractivity contribution in [2.24, 2.45) is 0 Å². The second-order valence-electron chi connectivity index (χ2n) is 5.38. The molecule has 7 heteroatoms. The molecule has 0 spiro atoms. The lowest BCUT2D eigenvalue weighted by atomic mass is 10.2. The second kappa shape index (κ2) is 7.94. The van der Waals surface area contributed by atoms with Crippen LogP contribution in [0.3, 0.4) is 0 Å². The highest BCUT2D eigenvalue weighted by molar-refractivity contribution is 7.99. The molecule has 25 heavy (non-hydrogen) atoms. The van der Waals surface area contributed by atoms with Gasteiger partial charge in [-0.15, -0.1) is 11.8 Å². The van der Waals surface area contributed by atoms with Crippen LogP contribution in [0.25, 0.3) is 11.4 Å². The number of carbonyl (C=O) groups excluding carboxylic acids is 1. The highest BCUT2D eigenvalue weighted by atomic mass is 32.2. The summed E-state index contributed by atoms with van der Waals surface area (Å²) in [7, 11) is 0. The largest absolute Gasteiger partial charge is 0.338 e. The van der Waals surface area contributed by atoms with Crippen molar-refractivity contribution in [2.45, 2.75) is 12.7 Å². The highest BCUT2D eigenvalue weighted by Gasteiger charge is 2.10. The zero-order chi connectivity index (χ0) is 17.6. The predicted molar refractivity (Wildman–Crippen MR) is 95.7 cm³/mol. The molecule has 0 radical (unpaired) electrons. The van der Waals surface area contributed by atoms with E-state index in [0.29, 0.717) is 23.2 Å². The molecule has 0 atom stereocenters. The minimum absolute atomic E-state index is 0.207. The summed E-state index contributed by atoms with van der Waals surface area (Å²) in [6, 6.07) is 13.8. The van der Waals surface area contributed by atoms with Gasteiger partial charge >= 0.3 is 0 Å². The number of nitrogens with zero attached hydrogens (tertiary/aromatic N) is 2. The Kier molecular flexibility index (Phi) is 5.45. The third kappa shape index (κ3) is 4.67. The highest BCUT2D eigenvalue weighted by Crippen LogP contribution is 2.19. The number of aryl methyl sites for hydroxylation is 1. The second-order valence-corrected chi connectivity index (χ2v) is 6.36. The van der Waals surface area contributed by atoms with Crippen LogP contribution in [0, 0.1) is 12.7 Å². The number of anilines is 1. The van der Waals surface area contributed by atoms with Gasteiger partial charge in [0.2, 0.25) is 17.6 Å². The van der Waals surface area contributed by atoms with Crippen molar-refractivity contribution in [1.29, 1.82) is 0 Å². The van der Waals surface area contributed by atoms with Gasteiger partial charge < -0.3 is 9.84 Å². The lowest BCUT2D eigenvalue weighted by Gasteiger charge is -2.07. The van der Waals surface area contributed by atoms with Crippen molar-refractivity contribution >= 4 is 23.4 Å². The molecule has 0 saturated heterocycles. The molecule has 1 aromatic heterocycles. The Hall–Kier alpha value is -2.67. The number of thioether (sulfide) groups is 1. The standard InChI is InChI=1S/C18H16FN3O2S/c1-12-7-8-14(19)9-15(12)20-16(23)10-25-11-17-21-18(22-24-17)13-5-3-2-4-6-13/h2-9H,10-11H2,1H3,(H,20,23). The summed E-state index contributed by atoms with van der Waals surface area (Å²) in [6.45, 7) is 1.81. The Morgan fingerprint density at radius 2 is 2.04 bits per heavy atom. The van der Waals surface area contributed by atoms with E-state index in [9.17, 15) is 9.18 Å².